The predicted octanol–water partition coefficient (Wildman–Crippen LogP) is 1.29. The number of aliphatic hydroxyl groups is 1. The molecule has 5 rings (SSSR count). The van der Waals surface area contributed by atoms with Crippen LogP contribution in [0.3, 0.4) is 0 Å². The number of fused-ring (bicyclic) bond motifs is 2. The number of hydrogen-bond acceptors (Lipinski definition) is 10. The molecule has 10 atom stereocenters. The smallest absolute Gasteiger partial charge is 0.340 e. The van der Waals surface area contributed by atoms with Gasteiger partial charge in [0.25, 0.3) is 0 Å². The van der Waals surface area contributed by atoms with E-state index in [1.807, 2.05) is 13.8 Å². The van der Waals surface area contributed by atoms with Crippen molar-refractivity contribution in [1.29, 1.82) is 0 Å². The molecule has 10 heteroatoms. The molecule has 1 spiro atoms. The standard InChI is InChI=1S/C21H32O10/c1-10-6-7-13-11(2)18(27-16(23)14(22)15(25-4)17(24)26-5)28-19-21(13)12(10)8-9-20(3,29-19)30-31-21/h10-15,18-19,22H,6-9H2,1-5H3/t10-,11-,12+,13+,14-,15-,18+,19-,20-,21-/m1/s1. The minimum Gasteiger partial charge on any atom is -0.467 e. The van der Waals surface area contributed by atoms with Gasteiger partial charge in [0.1, 0.15) is 0 Å². The lowest BCUT2D eigenvalue weighted by atomic mass is 9.58. The molecule has 4 heterocycles. The van der Waals surface area contributed by atoms with E-state index in [2.05, 4.69) is 11.7 Å². The van der Waals surface area contributed by atoms with Crippen LogP contribution >= 0.6 is 0 Å². The zero-order valence-corrected chi connectivity index (χ0v) is 18.6. The third-order valence-electron chi connectivity index (χ3n) is 7.55. The molecule has 0 unspecified atom stereocenters. The summed E-state index contributed by atoms with van der Waals surface area (Å²) < 4.78 is 27.3. The van der Waals surface area contributed by atoms with Crippen molar-refractivity contribution in [2.75, 3.05) is 14.2 Å². The Morgan fingerprint density at radius 1 is 1.06 bits per heavy atom. The Kier molecular flexibility index (Phi) is 6.08. The van der Waals surface area contributed by atoms with Crippen LogP contribution in [0, 0.1) is 23.7 Å². The zero-order valence-electron chi connectivity index (χ0n) is 18.6. The summed E-state index contributed by atoms with van der Waals surface area (Å²) in [7, 11) is 2.33. The predicted molar refractivity (Wildman–Crippen MR) is 102 cm³/mol. The molecule has 2 bridgehead atoms. The van der Waals surface area contributed by atoms with Crippen LogP contribution in [0.4, 0.5) is 0 Å². The van der Waals surface area contributed by atoms with E-state index >= 15 is 0 Å². The average molecular weight is 444 g/mol. The van der Waals surface area contributed by atoms with E-state index in [4.69, 9.17) is 28.7 Å². The lowest BCUT2D eigenvalue weighted by Gasteiger charge is -2.59. The number of methoxy groups -OCH3 is 2. The topological polar surface area (TPSA) is 119 Å². The summed E-state index contributed by atoms with van der Waals surface area (Å²) in [5, 5.41) is 10.3. The van der Waals surface area contributed by atoms with Gasteiger partial charge < -0.3 is 28.8 Å². The van der Waals surface area contributed by atoms with E-state index in [-0.39, 0.29) is 17.8 Å². The molecular formula is C21H32O10. The molecule has 5 fully saturated rings. The number of carbonyl (C=O) groups excluding carboxylic acids is 2. The quantitative estimate of drug-likeness (QED) is 0.491. The molecule has 1 saturated carbocycles. The normalized spacial score (nSPS) is 45.7. The highest BCUT2D eigenvalue weighted by molar-refractivity contribution is 5.85. The van der Waals surface area contributed by atoms with Crippen molar-refractivity contribution in [1.82, 2.24) is 0 Å². The lowest BCUT2D eigenvalue weighted by Crippen LogP contribution is -2.70. The summed E-state index contributed by atoms with van der Waals surface area (Å²) in [6.07, 6.45) is -1.72. The van der Waals surface area contributed by atoms with Gasteiger partial charge in [-0.3, -0.25) is 0 Å². The molecule has 31 heavy (non-hydrogen) atoms. The fraction of sp³-hybridized carbons (Fsp3) is 0.905. The van der Waals surface area contributed by atoms with Gasteiger partial charge in [0.05, 0.1) is 7.11 Å². The van der Waals surface area contributed by atoms with Crippen LogP contribution in [-0.4, -0.2) is 67.4 Å². The van der Waals surface area contributed by atoms with Gasteiger partial charge in [-0.05, 0) is 38.0 Å². The first-order chi connectivity index (χ1) is 14.7. The number of ether oxygens (including phenoxy) is 5. The Balaban J connectivity index is 1.57. The third kappa shape index (κ3) is 3.57. The van der Waals surface area contributed by atoms with Crippen LogP contribution in [0.25, 0.3) is 0 Å². The molecule has 0 aromatic heterocycles. The Morgan fingerprint density at radius 3 is 2.48 bits per heavy atom. The van der Waals surface area contributed by atoms with Gasteiger partial charge in [-0.2, -0.15) is 0 Å². The summed E-state index contributed by atoms with van der Waals surface area (Å²) in [6.45, 7) is 5.94. The van der Waals surface area contributed by atoms with Crippen LogP contribution in [-0.2, 0) is 43.0 Å². The Bertz CT molecular complexity index is 714. The molecule has 0 radical (unpaired) electrons. The van der Waals surface area contributed by atoms with Crippen molar-refractivity contribution in [2.45, 2.75) is 82.6 Å². The first kappa shape index (κ1) is 22.9. The summed E-state index contributed by atoms with van der Waals surface area (Å²) in [5.74, 6) is -2.56. The molecule has 0 aromatic carbocycles. The zero-order chi connectivity index (χ0) is 22.6. The van der Waals surface area contributed by atoms with Crippen LogP contribution in [0.1, 0.15) is 46.5 Å². The maximum atomic E-state index is 12.6. The van der Waals surface area contributed by atoms with E-state index in [0.29, 0.717) is 12.3 Å². The van der Waals surface area contributed by atoms with Crippen LogP contribution in [0.15, 0.2) is 0 Å². The fourth-order valence-electron chi connectivity index (χ4n) is 5.78. The Hall–Kier alpha value is -1.30. The van der Waals surface area contributed by atoms with Gasteiger partial charge in [-0.25, -0.2) is 19.4 Å². The van der Waals surface area contributed by atoms with Crippen LogP contribution < -0.4 is 0 Å². The summed E-state index contributed by atoms with van der Waals surface area (Å²) in [6, 6.07) is 0. The number of esters is 2. The first-order valence-corrected chi connectivity index (χ1v) is 10.9. The van der Waals surface area contributed by atoms with E-state index in [1.54, 1.807) is 0 Å². The largest absolute Gasteiger partial charge is 0.467 e. The van der Waals surface area contributed by atoms with Crippen molar-refractivity contribution in [3.05, 3.63) is 0 Å². The van der Waals surface area contributed by atoms with Gasteiger partial charge >= 0.3 is 11.9 Å². The van der Waals surface area contributed by atoms with Crippen molar-refractivity contribution in [3.63, 3.8) is 0 Å². The molecular weight excluding hydrogens is 412 g/mol. The van der Waals surface area contributed by atoms with Crippen molar-refractivity contribution in [3.8, 4) is 0 Å². The summed E-state index contributed by atoms with van der Waals surface area (Å²) in [4.78, 5) is 36.2. The number of carbonyl (C=O) groups is 2. The number of aliphatic hydroxyl groups excluding tert-OH is 1. The molecule has 0 aromatic rings. The highest BCUT2D eigenvalue weighted by Gasteiger charge is 2.69. The van der Waals surface area contributed by atoms with Crippen molar-refractivity contribution in [2.24, 2.45) is 23.7 Å². The van der Waals surface area contributed by atoms with Crippen LogP contribution in [0.5, 0.6) is 0 Å². The number of rotatable bonds is 5. The van der Waals surface area contributed by atoms with Crippen LogP contribution in [0.2, 0.25) is 0 Å². The highest BCUT2D eigenvalue weighted by atomic mass is 17.3. The molecule has 1 N–H and O–H groups in total. The Morgan fingerprint density at radius 2 is 1.81 bits per heavy atom. The molecule has 5 aliphatic rings. The average Bonchev–Trinajstić information content (AvgIpc) is 2.97. The Labute approximate surface area is 181 Å². The third-order valence-corrected chi connectivity index (χ3v) is 7.55. The van der Waals surface area contributed by atoms with E-state index < -0.39 is 48.1 Å². The van der Waals surface area contributed by atoms with Gasteiger partial charge in [0.2, 0.25) is 12.1 Å². The van der Waals surface area contributed by atoms with Crippen molar-refractivity contribution < 1.29 is 48.2 Å². The van der Waals surface area contributed by atoms with Gasteiger partial charge in [-0.1, -0.05) is 13.8 Å². The minimum atomic E-state index is -1.85. The first-order valence-electron chi connectivity index (χ1n) is 10.9. The molecule has 4 saturated heterocycles. The molecule has 176 valence electrons. The minimum absolute atomic E-state index is 0.0381. The maximum Gasteiger partial charge on any atom is 0.340 e. The summed E-state index contributed by atoms with van der Waals surface area (Å²) in [5.41, 5.74) is -0.782. The second-order valence-corrected chi connectivity index (χ2v) is 9.33. The second kappa shape index (κ2) is 8.24. The molecule has 0 amide bonds. The highest BCUT2D eigenvalue weighted by Crippen LogP contribution is 2.60. The second-order valence-electron chi connectivity index (χ2n) is 9.33. The van der Waals surface area contributed by atoms with Gasteiger partial charge in [0.15, 0.2) is 24.1 Å². The maximum absolute atomic E-state index is 12.6. The molecule has 10 nitrogen and oxygen atoms in total. The van der Waals surface area contributed by atoms with Gasteiger partial charge in [0, 0.05) is 25.4 Å². The molecule has 4 aliphatic heterocycles. The van der Waals surface area contributed by atoms with Gasteiger partial charge in [-0.15, -0.1) is 0 Å². The van der Waals surface area contributed by atoms with E-state index in [9.17, 15) is 14.7 Å². The van der Waals surface area contributed by atoms with E-state index in [0.717, 1.165) is 26.4 Å². The lowest BCUT2D eigenvalue weighted by molar-refractivity contribution is -0.576. The summed E-state index contributed by atoms with van der Waals surface area (Å²) >= 11 is 0. The SMILES string of the molecule is COC(=O)[C@H](OC)[C@@H](O)C(=O)O[C@H]1O[C@@H]2O[C@@]3(C)CC[C@H]4[C@H](C)CC[C@@H]([C@H]1C)[C@@]24OO3. The van der Waals surface area contributed by atoms with Crippen molar-refractivity contribution >= 4 is 11.9 Å². The van der Waals surface area contributed by atoms with E-state index in [1.165, 1.54) is 7.11 Å². The molecule has 1 aliphatic carbocycles. The number of hydrogen-bond donors (Lipinski definition) is 1. The fourth-order valence-corrected chi connectivity index (χ4v) is 5.78. The monoisotopic (exact) mass is 444 g/mol.